The van der Waals surface area contributed by atoms with Crippen LogP contribution >= 0.6 is 0 Å². The summed E-state index contributed by atoms with van der Waals surface area (Å²) in [5.74, 6) is -0.894. The third kappa shape index (κ3) is 5.47. The number of carboxylic acids is 1. The van der Waals surface area contributed by atoms with E-state index in [1.807, 2.05) is 19.9 Å². The molecule has 0 amide bonds. The molecule has 0 saturated carbocycles. The lowest BCUT2D eigenvalue weighted by Gasteiger charge is -2.08. The van der Waals surface area contributed by atoms with Crippen LogP contribution in [0.3, 0.4) is 0 Å². The van der Waals surface area contributed by atoms with Crippen LogP contribution in [0.25, 0.3) is 0 Å². The normalized spacial score (nSPS) is 10.8. The summed E-state index contributed by atoms with van der Waals surface area (Å²) in [6.07, 6.45) is 0.243. The Morgan fingerprint density at radius 2 is 2.24 bits per heavy atom. The molecule has 4 nitrogen and oxygen atoms in total. The van der Waals surface area contributed by atoms with Gasteiger partial charge in [0.2, 0.25) is 0 Å². The van der Waals surface area contributed by atoms with Gasteiger partial charge in [0.1, 0.15) is 0 Å². The molecule has 1 rings (SSSR count). The summed E-state index contributed by atoms with van der Waals surface area (Å²) in [5.41, 5.74) is 1.29. The first-order valence-corrected chi connectivity index (χ1v) is 5.74. The number of aromatic carboxylic acids is 1. The molecule has 0 bridgehead atoms. The highest BCUT2D eigenvalue weighted by Crippen LogP contribution is 2.04. The van der Waals surface area contributed by atoms with E-state index in [4.69, 9.17) is 9.84 Å². The van der Waals surface area contributed by atoms with Crippen LogP contribution in [-0.2, 0) is 11.3 Å². The molecule has 0 atom stereocenters. The number of ether oxygens (including phenoxy) is 1. The second-order valence-corrected chi connectivity index (χ2v) is 4.10. The smallest absolute Gasteiger partial charge is 0.335 e. The third-order valence-electron chi connectivity index (χ3n) is 2.23. The van der Waals surface area contributed by atoms with E-state index >= 15 is 0 Å². The van der Waals surface area contributed by atoms with E-state index in [1.54, 1.807) is 18.2 Å². The number of hydrogen-bond acceptors (Lipinski definition) is 3. The van der Waals surface area contributed by atoms with E-state index in [0.29, 0.717) is 18.7 Å². The van der Waals surface area contributed by atoms with Crippen molar-refractivity contribution in [3.8, 4) is 0 Å². The molecule has 94 valence electrons. The lowest BCUT2D eigenvalue weighted by molar-refractivity contribution is 0.0696. The van der Waals surface area contributed by atoms with E-state index in [0.717, 1.165) is 12.1 Å². The zero-order valence-electron chi connectivity index (χ0n) is 10.3. The molecule has 0 heterocycles. The molecule has 0 spiro atoms. The Balaban J connectivity index is 2.31. The first-order chi connectivity index (χ1) is 8.09. The highest BCUT2D eigenvalue weighted by atomic mass is 16.5. The molecule has 0 saturated heterocycles. The van der Waals surface area contributed by atoms with Crippen molar-refractivity contribution in [3.05, 3.63) is 35.4 Å². The Morgan fingerprint density at radius 1 is 1.47 bits per heavy atom. The minimum absolute atomic E-state index is 0.243. The first-order valence-electron chi connectivity index (χ1n) is 5.74. The van der Waals surface area contributed by atoms with Gasteiger partial charge in [-0.3, -0.25) is 0 Å². The summed E-state index contributed by atoms with van der Waals surface area (Å²) in [4.78, 5) is 10.8. The van der Waals surface area contributed by atoms with Crippen LogP contribution in [0.5, 0.6) is 0 Å². The van der Waals surface area contributed by atoms with Crippen LogP contribution in [0.2, 0.25) is 0 Å². The number of carboxylic acid groups (broad SMARTS) is 1. The van der Waals surface area contributed by atoms with Gasteiger partial charge in [-0.15, -0.1) is 0 Å². The lowest BCUT2D eigenvalue weighted by atomic mass is 10.1. The highest BCUT2D eigenvalue weighted by Gasteiger charge is 2.02. The predicted octanol–water partition coefficient (Wildman–Crippen LogP) is 1.90. The van der Waals surface area contributed by atoms with Crippen molar-refractivity contribution in [2.75, 3.05) is 13.2 Å². The van der Waals surface area contributed by atoms with Crippen molar-refractivity contribution in [1.82, 2.24) is 5.32 Å². The van der Waals surface area contributed by atoms with Crippen LogP contribution in [0.1, 0.15) is 29.8 Å². The maximum absolute atomic E-state index is 10.8. The van der Waals surface area contributed by atoms with Crippen molar-refractivity contribution in [2.24, 2.45) is 0 Å². The Bertz CT molecular complexity index is 363. The zero-order chi connectivity index (χ0) is 12.7. The second-order valence-electron chi connectivity index (χ2n) is 4.10. The average molecular weight is 237 g/mol. The number of nitrogens with one attached hydrogen (secondary N) is 1. The maximum atomic E-state index is 10.8. The van der Waals surface area contributed by atoms with Gasteiger partial charge < -0.3 is 15.2 Å². The molecule has 0 aliphatic carbocycles. The van der Waals surface area contributed by atoms with Gasteiger partial charge in [0, 0.05) is 13.1 Å². The van der Waals surface area contributed by atoms with Gasteiger partial charge in [-0.25, -0.2) is 4.79 Å². The Hall–Kier alpha value is -1.39. The minimum atomic E-state index is -0.894. The van der Waals surface area contributed by atoms with E-state index in [-0.39, 0.29) is 6.10 Å². The van der Waals surface area contributed by atoms with Crippen molar-refractivity contribution in [1.29, 1.82) is 0 Å². The predicted molar refractivity (Wildman–Crippen MR) is 66.2 cm³/mol. The number of hydrogen-bond donors (Lipinski definition) is 2. The van der Waals surface area contributed by atoms with Gasteiger partial charge in [0.25, 0.3) is 0 Å². The SMILES string of the molecule is CC(C)OCCNCc1cccc(C(=O)O)c1. The van der Waals surface area contributed by atoms with Gasteiger partial charge >= 0.3 is 5.97 Å². The van der Waals surface area contributed by atoms with Crippen molar-refractivity contribution >= 4 is 5.97 Å². The van der Waals surface area contributed by atoms with Crippen molar-refractivity contribution in [2.45, 2.75) is 26.5 Å². The molecule has 0 radical (unpaired) electrons. The summed E-state index contributed by atoms with van der Waals surface area (Å²) < 4.78 is 5.39. The van der Waals surface area contributed by atoms with Crippen molar-refractivity contribution in [3.63, 3.8) is 0 Å². The topological polar surface area (TPSA) is 58.6 Å². The lowest BCUT2D eigenvalue weighted by Crippen LogP contribution is -2.21. The molecule has 2 N–H and O–H groups in total. The fourth-order valence-electron chi connectivity index (χ4n) is 1.41. The van der Waals surface area contributed by atoms with E-state index in [2.05, 4.69) is 5.32 Å². The Kier molecular flexibility index (Phi) is 5.66. The van der Waals surface area contributed by atoms with Gasteiger partial charge in [-0.1, -0.05) is 12.1 Å². The monoisotopic (exact) mass is 237 g/mol. The molecule has 4 heteroatoms. The molecule has 0 unspecified atom stereocenters. The fraction of sp³-hybridized carbons (Fsp3) is 0.462. The van der Waals surface area contributed by atoms with E-state index < -0.39 is 5.97 Å². The van der Waals surface area contributed by atoms with Crippen LogP contribution in [0.4, 0.5) is 0 Å². The van der Waals surface area contributed by atoms with Gasteiger partial charge in [-0.2, -0.15) is 0 Å². The van der Waals surface area contributed by atoms with Crippen LogP contribution < -0.4 is 5.32 Å². The van der Waals surface area contributed by atoms with E-state index in [1.165, 1.54) is 0 Å². The molecule has 0 fully saturated rings. The summed E-state index contributed by atoms with van der Waals surface area (Å²) in [5, 5.41) is 12.0. The number of rotatable bonds is 7. The summed E-state index contributed by atoms with van der Waals surface area (Å²) in [7, 11) is 0. The zero-order valence-corrected chi connectivity index (χ0v) is 10.3. The molecule has 0 aliphatic heterocycles. The molecule has 1 aromatic rings. The van der Waals surface area contributed by atoms with Crippen molar-refractivity contribution < 1.29 is 14.6 Å². The minimum Gasteiger partial charge on any atom is -0.478 e. The molecule has 0 aliphatic rings. The van der Waals surface area contributed by atoms with Crippen LogP contribution in [0.15, 0.2) is 24.3 Å². The van der Waals surface area contributed by atoms with Gasteiger partial charge in [0.05, 0.1) is 18.3 Å². The quantitative estimate of drug-likeness (QED) is 0.711. The summed E-state index contributed by atoms with van der Waals surface area (Å²) >= 11 is 0. The third-order valence-corrected chi connectivity index (χ3v) is 2.23. The van der Waals surface area contributed by atoms with Gasteiger partial charge in [0.15, 0.2) is 0 Å². The highest BCUT2D eigenvalue weighted by molar-refractivity contribution is 5.87. The Labute approximate surface area is 102 Å². The fourth-order valence-corrected chi connectivity index (χ4v) is 1.41. The largest absolute Gasteiger partial charge is 0.478 e. The van der Waals surface area contributed by atoms with Crippen LogP contribution in [-0.4, -0.2) is 30.3 Å². The molecule has 0 aromatic heterocycles. The van der Waals surface area contributed by atoms with E-state index in [9.17, 15) is 4.79 Å². The first kappa shape index (κ1) is 13.7. The molecule has 1 aromatic carbocycles. The van der Waals surface area contributed by atoms with Crippen LogP contribution in [0, 0.1) is 0 Å². The number of benzene rings is 1. The number of carbonyl (C=O) groups is 1. The second kappa shape index (κ2) is 7.04. The molecular weight excluding hydrogens is 218 g/mol. The summed E-state index contributed by atoms with van der Waals surface area (Å²) in [6.45, 7) is 6.07. The molecular formula is C13H19NO3. The molecule has 17 heavy (non-hydrogen) atoms. The summed E-state index contributed by atoms with van der Waals surface area (Å²) in [6, 6.07) is 6.93. The Morgan fingerprint density at radius 3 is 2.88 bits per heavy atom. The standard InChI is InChI=1S/C13H19NO3/c1-10(2)17-7-6-14-9-11-4-3-5-12(8-11)13(15)16/h3-5,8,10,14H,6-7,9H2,1-2H3,(H,15,16). The average Bonchev–Trinajstić information content (AvgIpc) is 2.28. The van der Waals surface area contributed by atoms with Gasteiger partial charge in [-0.05, 0) is 31.5 Å². The maximum Gasteiger partial charge on any atom is 0.335 e.